The molecule has 144 valence electrons. The van der Waals surface area contributed by atoms with E-state index in [2.05, 4.69) is 22.5 Å². The number of nitrogens with one attached hydrogen (secondary N) is 2. The van der Waals surface area contributed by atoms with Crippen molar-refractivity contribution in [3.63, 3.8) is 0 Å². The van der Waals surface area contributed by atoms with Gasteiger partial charge >= 0.3 is 0 Å². The number of likely N-dealkylation sites (N-methyl/N-ethyl adjacent to an activating group) is 2. The molecule has 0 aromatic heterocycles. The van der Waals surface area contributed by atoms with Crippen LogP contribution < -0.4 is 15.5 Å². The Morgan fingerprint density at radius 3 is 2.40 bits per heavy atom. The van der Waals surface area contributed by atoms with E-state index in [0.29, 0.717) is 17.8 Å². The maximum atomic E-state index is 14.4. The highest BCUT2D eigenvalue weighted by molar-refractivity contribution is 5.94. The summed E-state index contributed by atoms with van der Waals surface area (Å²) in [4.78, 5) is 16.5. The number of hydrogen-bond donors (Lipinski definition) is 2. The lowest BCUT2D eigenvalue weighted by molar-refractivity contribution is 0.0950. The number of piperazine rings is 1. The van der Waals surface area contributed by atoms with E-state index < -0.39 is 0 Å². The monoisotopic (exact) mass is 394 g/mol. The van der Waals surface area contributed by atoms with Gasteiger partial charge in [0.05, 0.1) is 5.69 Å². The van der Waals surface area contributed by atoms with E-state index >= 15 is 0 Å². The SMILES string of the molecule is CCN1CCN(c2ccc(C(=O)NCC(C)NC)cc2F)CC1.Cl.Cl. The smallest absolute Gasteiger partial charge is 0.251 e. The first-order valence-corrected chi connectivity index (χ1v) is 8.27. The second kappa shape index (κ2) is 11.5. The van der Waals surface area contributed by atoms with Crippen molar-refractivity contribution in [3.05, 3.63) is 29.6 Å². The molecule has 25 heavy (non-hydrogen) atoms. The molecule has 1 fully saturated rings. The molecule has 1 atom stereocenters. The Bertz CT molecular complexity index is 539. The van der Waals surface area contributed by atoms with Gasteiger partial charge < -0.3 is 20.4 Å². The van der Waals surface area contributed by atoms with E-state index in [1.54, 1.807) is 12.1 Å². The third-order valence-electron chi connectivity index (χ3n) is 4.43. The highest BCUT2D eigenvalue weighted by Crippen LogP contribution is 2.22. The van der Waals surface area contributed by atoms with E-state index in [0.717, 1.165) is 32.7 Å². The number of hydrogen-bond acceptors (Lipinski definition) is 4. The Morgan fingerprint density at radius 2 is 1.88 bits per heavy atom. The van der Waals surface area contributed by atoms with E-state index in [9.17, 15) is 9.18 Å². The van der Waals surface area contributed by atoms with Crippen LogP contribution in [-0.2, 0) is 0 Å². The third-order valence-corrected chi connectivity index (χ3v) is 4.43. The number of rotatable bonds is 6. The van der Waals surface area contributed by atoms with Gasteiger partial charge in [0, 0.05) is 44.3 Å². The fourth-order valence-corrected chi connectivity index (χ4v) is 2.66. The summed E-state index contributed by atoms with van der Waals surface area (Å²) in [5, 5.41) is 5.85. The zero-order valence-electron chi connectivity index (χ0n) is 15.0. The molecule has 0 radical (unpaired) electrons. The van der Waals surface area contributed by atoms with E-state index in [1.165, 1.54) is 6.07 Å². The van der Waals surface area contributed by atoms with Gasteiger partial charge in [0.1, 0.15) is 5.82 Å². The van der Waals surface area contributed by atoms with Crippen molar-refractivity contribution in [2.45, 2.75) is 19.9 Å². The van der Waals surface area contributed by atoms with Crippen molar-refractivity contribution in [1.82, 2.24) is 15.5 Å². The molecule has 1 aliphatic rings. The number of benzene rings is 1. The maximum absolute atomic E-state index is 14.4. The first-order chi connectivity index (χ1) is 11.0. The van der Waals surface area contributed by atoms with E-state index in [4.69, 9.17) is 0 Å². The number of carbonyl (C=O) groups is 1. The van der Waals surface area contributed by atoms with Crippen LogP contribution in [0.5, 0.6) is 0 Å². The molecular weight excluding hydrogens is 366 g/mol. The van der Waals surface area contributed by atoms with Crippen LogP contribution in [-0.4, -0.2) is 63.2 Å². The lowest BCUT2D eigenvalue weighted by Crippen LogP contribution is -2.46. The molecule has 2 N–H and O–H groups in total. The van der Waals surface area contributed by atoms with Gasteiger partial charge in [-0.25, -0.2) is 4.39 Å². The van der Waals surface area contributed by atoms with Crippen LogP contribution in [0.25, 0.3) is 0 Å². The Balaban J connectivity index is 0.00000288. The zero-order chi connectivity index (χ0) is 16.8. The van der Waals surface area contributed by atoms with Crippen molar-refractivity contribution in [2.75, 3.05) is 51.2 Å². The standard InChI is InChI=1S/C17H27FN4O.2ClH/c1-4-21-7-9-22(10-8-21)16-6-5-14(11-15(16)18)17(23)20-12-13(2)19-3;;/h5-6,11,13,19H,4,7-10,12H2,1-3H3,(H,20,23);2*1H. The largest absolute Gasteiger partial charge is 0.367 e. The fourth-order valence-electron chi connectivity index (χ4n) is 2.66. The molecule has 1 unspecified atom stereocenters. The summed E-state index contributed by atoms with van der Waals surface area (Å²) in [6.45, 7) is 9.17. The third kappa shape index (κ3) is 6.62. The maximum Gasteiger partial charge on any atom is 0.251 e. The molecule has 1 aromatic carbocycles. The van der Waals surface area contributed by atoms with Crippen LogP contribution in [0.1, 0.15) is 24.2 Å². The predicted molar refractivity (Wildman–Crippen MR) is 106 cm³/mol. The number of nitrogens with zero attached hydrogens (tertiary/aromatic N) is 2. The van der Waals surface area contributed by atoms with Gasteiger partial charge in [-0.2, -0.15) is 0 Å². The number of halogens is 3. The molecule has 0 spiro atoms. The molecule has 0 aliphatic carbocycles. The summed E-state index contributed by atoms with van der Waals surface area (Å²) in [5.74, 6) is -0.572. The molecule has 1 heterocycles. The van der Waals surface area contributed by atoms with Crippen LogP contribution in [0.3, 0.4) is 0 Å². The van der Waals surface area contributed by atoms with Crippen molar-refractivity contribution in [3.8, 4) is 0 Å². The van der Waals surface area contributed by atoms with Gasteiger partial charge in [0.2, 0.25) is 0 Å². The molecule has 1 saturated heterocycles. The minimum absolute atomic E-state index is 0. The van der Waals surface area contributed by atoms with Gasteiger partial charge in [-0.15, -0.1) is 24.8 Å². The molecule has 1 aromatic rings. The topological polar surface area (TPSA) is 47.6 Å². The van der Waals surface area contributed by atoms with Gasteiger partial charge in [0.15, 0.2) is 0 Å². The van der Waals surface area contributed by atoms with Gasteiger partial charge in [-0.3, -0.25) is 4.79 Å². The number of carbonyl (C=O) groups excluding carboxylic acids is 1. The summed E-state index contributed by atoms with van der Waals surface area (Å²) in [5.41, 5.74) is 0.947. The fraction of sp³-hybridized carbons (Fsp3) is 0.588. The quantitative estimate of drug-likeness (QED) is 0.775. The van der Waals surface area contributed by atoms with Gasteiger partial charge in [-0.05, 0) is 38.7 Å². The molecule has 0 saturated carbocycles. The number of amides is 1. The molecule has 5 nitrogen and oxygen atoms in total. The van der Waals surface area contributed by atoms with Crippen molar-refractivity contribution < 1.29 is 9.18 Å². The molecule has 2 rings (SSSR count). The molecule has 1 amide bonds. The zero-order valence-corrected chi connectivity index (χ0v) is 16.7. The number of anilines is 1. The second-order valence-electron chi connectivity index (χ2n) is 5.99. The van der Waals surface area contributed by atoms with Gasteiger partial charge in [0.25, 0.3) is 5.91 Å². The minimum atomic E-state index is -0.329. The Kier molecular flexibility index (Phi) is 11.0. The highest BCUT2D eigenvalue weighted by atomic mass is 35.5. The summed E-state index contributed by atoms with van der Waals surface area (Å²) in [6.07, 6.45) is 0. The van der Waals surface area contributed by atoms with Crippen molar-refractivity contribution in [2.24, 2.45) is 0 Å². The second-order valence-corrected chi connectivity index (χ2v) is 5.99. The Hall–Kier alpha value is -1.08. The molecule has 1 aliphatic heterocycles. The van der Waals surface area contributed by atoms with Crippen molar-refractivity contribution in [1.29, 1.82) is 0 Å². The first-order valence-electron chi connectivity index (χ1n) is 8.27. The van der Waals surface area contributed by atoms with Crippen LogP contribution >= 0.6 is 24.8 Å². The summed E-state index contributed by atoms with van der Waals surface area (Å²) >= 11 is 0. The highest BCUT2D eigenvalue weighted by Gasteiger charge is 2.19. The molecular formula is C17H29Cl2FN4O. The van der Waals surface area contributed by atoms with Gasteiger partial charge in [-0.1, -0.05) is 6.92 Å². The molecule has 8 heteroatoms. The summed E-state index contributed by atoms with van der Waals surface area (Å²) in [6, 6.07) is 4.93. The predicted octanol–water partition coefficient (Wildman–Crippen LogP) is 2.15. The molecule has 0 bridgehead atoms. The normalized spacial score (nSPS) is 15.8. The van der Waals surface area contributed by atoms with Crippen LogP contribution in [0.2, 0.25) is 0 Å². The average Bonchev–Trinajstić information content (AvgIpc) is 2.59. The lowest BCUT2D eigenvalue weighted by atomic mass is 10.1. The lowest BCUT2D eigenvalue weighted by Gasteiger charge is -2.35. The van der Waals surface area contributed by atoms with Crippen LogP contribution in [0.4, 0.5) is 10.1 Å². The summed E-state index contributed by atoms with van der Waals surface area (Å²) < 4.78 is 14.4. The first kappa shape index (κ1) is 23.9. The summed E-state index contributed by atoms with van der Waals surface area (Å²) in [7, 11) is 1.84. The van der Waals surface area contributed by atoms with E-state index in [1.807, 2.05) is 18.9 Å². The van der Waals surface area contributed by atoms with Crippen LogP contribution in [0.15, 0.2) is 18.2 Å². The average molecular weight is 395 g/mol. The Morgan fingerprint density at radius 1 is 1.24 bits per heavy atom. The van der Waals surface area contributed by atoms with Crippen LogP contribution in [0, 0.1) is 5.82 Å². The minimum Gasteiger partial charge on any atom is -0.367 e. The Labute approximate surface area is 162 Å². The van der Waals surface area contributed by atoms with E-state index in [-0.39, 0.29) is 42.6 Å². The van der Waals surface area contributed by atoms with Crippen molar-refractivity contribution >= 4 is 36.4 Å².